The van der Waals surface area contributed by atoms with E-state index < -0.39 is 0 Å². The summed E-state index contributed by atoms with van der Waals surface area (Å²) >= 11 is 0. The van der Waals surface area contributed by atoms with Crippen LogP contribution in [0, 0.1) is 0 Å². The first-order chi connectivity index (χ1) is 7.83. The average molecular weight is 212 g/mol. The molecule has 1 atom stereocenters. The maximum absolute atomic E-state index is 4.69. The Morgan fingerprint density at radius 3 is 2.81 bits per heavy atom. The molecule has 2 nitrogen and oxygen atoms in total. The number of benzene rings is 1. The first-order valence-corrected chi connectivity index (χ1v) is 5.95. The lowest BCUT2D eigenvalue weighted by Crippen LogP contribution is -2.21. The summed E-state index contributed by atoms with van der Waals surface area (Å²) in [6.07, 6.45) is 2.63. The van der Waals surface area contributed by atoms with Gasteiger partial charge in [-0.15, -0.1) is 0 Å². The highest BCUT2D eigenvalue weighted by Gasteiger charge is 2.23. The van der Waals surface area contributed by atoms with E-state index in [1.54, 1.807) is 0 Å². The fraction of sp³-hybridized carbons (Fsp3) is 0.357. The zero-order valence-electron chi connectivity index (χ0n) is 9.48. The third-order valence-corrected chi connectivity index (χ3v) is 3.13. The lowest BCUT2D eigenvalue weighted by molar-refractivity contribution is 0.560. The molecule has 1 aromatic heterocycles. The van der Waals surface area contributed by atoms with Crippen LogP contribution in [0.15, 0.2) is 36.4 Å². The van der Waals surface area contributed by atoms with E-state index in [4.69, 9.17) is 4.98 Å². The van der Waals surface area contributed by atoms with Gasteiger partial charge >= 0.3 is 0 Å². The molecule has 0 bridgehead atoms. The molecule has 2 aromatic rings. The molecule has 0 amide bonds. The van der Waals surface area contributed by atoms with Crippen molar-refractivity contribution in [2.24, 2.45) is 0 Å². The second kappa shape index (κ2) is 3.87. The fourth-order valence-electron chi connectivity index (χ4n) is 2.01. The standard InChI is InChI=1S/C14H16N2/c1-10(15-12-7-8-12)13-9-6-11-4-2-3-5-14(11)16-13/h2-6,9-10,12,15H,7-8H2,1H3. The van der Waals surface area contributed by atoms with Gasteiger partial charge in [0.25, 0.3) is 0 Å². The Morgan fingerprint density at radius 2 is 2.00 bits per heavy atom. The third kappa shape index (κ3) is 1.93. The molecule has 1 heterocycles. The van der Waals surface area contributed by atoms with Gasteiger partial charge in [0.15, 0.2) is 0 Å². The molecule has 1 aromatic carbocycles. The number of fused-ring (bicyclic) bond motifs is 1. The minimum atomic E-state index is 0.358. The van der Waals surface area contributed by atoms with Gasteiger partial charge < -0.3 is 5.32 Å². The Bertz CT molecular complexity index is 503. The molecular formula is C14H16N2. The van der Waals surface area contributed by atoms with Gasteiger partial charge in [-0.25, -0.2) is 0 Å². The van der Waals surface area contributed by atoms with Crippen LogP contribution in [0.25, 0.3) is 10.9 Å². The Morgan fingerprint density at radius 1 is 1.19 bits per heavy atom. The van der Waals surface area contributed by atoms with E-state index in [0.29, 0.717) is 6.04 Å². The van der Waals surface area contributed by atoms with Gasteiger partial charge in [0, 0.05) is 17.5 Å². The predicted molar refractivity (Wildman–Crippen MR) is 66.3 cm³/mol. The number of hydrogen-bond donors (Lipinski definition) is 1. The molecule has 0 spiro atoms. The largest absolute Gasteiger partial charge is 0.306 e. The van der Waals surface area contributed by atoms with Gasteiger partial charge in [-0.05, 0) is 31.9 Å². The van der Waals surface area contributed by atoms with Gasteiger partial charge in [0.05, 0.1) is 11.2 Å². The number of aromatic nitrogens is 1. The molecule has 3 rings (SSSR count). The smallest absolute Gasteiger partial charge is 0.0706 e. The first kappa shape index (κ1) is 9.79. The molecule has 1 fully saturated rings. The van der Waals surface area contributed by atoms with Gasteiger partial charge in [-0.3, -0.25) is 4.98 Å². The number of pyridine rings is 1. The highest BCUT2D eigenvalue weighted by molar-refractivity contribution is 5.78. The van der Waals surface area contributed by atoms with E-state index >= 15 is 0 Å². The summed E-state index contributed by atoms with van der Waals surface area (Å²) < 4.78 is 0. The van der Waals surface area contributed by atoms with Crippen LogP contribution in [-0.4, -0.2) is 11.0 Å². The highest BCUT2D eigenvalue weighted by atomic mass is 15.0. The molecule has 1 aliphatic carbocycles. The summed E-state index contributed by atoms with van der Waals surface area (Å²) in [5.41, 5.74) is 2.23. The summed E-state index contributed by atoms with van der Waals surface area (Å²) in [6, 6.07) is 13.6. The van der Waals surface area contributed by atoms with E-state index in [0.717, 1.165) is 17.3 Å². The van der Waals surface area contributed by atoms with Crippen molar-refractivity contribution in [3.63, 3.8) is 0 Å². The van der Waals surface area contributed by atoms with Crippen molar-refractivity contribution in [1.29, 1.82) is 0 Å². The van der Waals surface area contributed by atoms with E-state index in [1.165, 1.54) is 18.2 Å². The topological polar surface area (TPSA) is 24.9 Å². The van der Waals surface area contributed by atoms with Gasteiger partial charge in [-0.1, -0.05) is 24.3 Å². The third-order valence-electron chi connectivity index (χ3n) is 3.13. The van der Waals surface area contributed by atoms with Crippen molar-refractivity contribution < 1.29 is 0 Å². The Labute approximate surface area is 95.7 Å². The minimum absolute atomic E-state index is 0.358. The lowest BCUT2D eigenvalue weighted by atomic mass is 10.1. The van der Waals surface area contributed by atoms with E-state index in [1.807, 2.05) is 6.07 Å². The molecule has 0 radical (unpaired) electrons. The quantitative estimate of drug-likeness (QED) is 0.845. The summed E-state index contributed by atoms with van der Waals surface area (Å²) in [5, 5.41) is 4.79. The zero-order valence-corrected chi connectivity index (χ0v) is 9.48. The Balaban J connectivity index is 1.91. The van der Waals surface area contributed by atoms with Crippen molar-refractivity contribution in [3.05, 3.63) is 42.1 Å². The molecular weight excluding hydrogens is 196 g/mol. The predicted octanol–water partition coefficient (Wildman–Crippen LogP) is 3.05. The summed E-state index contributed by atoms with van der Waals surface area (Å²) in [7, 11) is 0. The van der Waals surface area contributed by atoms with Crippen molar-refractivity contribution in [1.82, 2.24) is 10.3 Å². The van der Waals surface area contributed by atoms with E-state index in [-0.39, 0.29) is 0 Å². The number of hydrogen-bond acceptors (Lipinski definition) is 2. The van der Waals surface area contributed by atoms with Crippen molar-refractivity contribution in [2.75, 3.05) is 0 Å². The van der Waals surface area contributed by atoms with Crippen LogP contribution < -0.4 is 5.32 Å². The monoisotopic (exact) mass is 212 g/mol. The average Bonchev–Trinajstić information content (AvgIpc) is 3.12. The second-order valence-corrected chi connectivity index (χ2v) is 4.59. The number of nitrogens with zero attached hydrogens (tertiary/aromatic N) is 1. The van der Waals surface area contributed by atoms with Crippen LogP contribution in [0.5, 0.6) is 0 Å². The van der Waals surface area contributed by atoms with Gasteiger partial charge in [0.1, 0.15) is 0 Å². The number of nitrogens with one attached hydrogen (secondary N) is 1. The molecule has 1 saturated carbocycles. The molecule has 16 heavy (non-hydrogen) atoms. The summed E-state index contributed by atoms with van der Waals surface area (Å²) in [4.78, 5) is 4.69. The second-order valence-electron chi connectivity index (χ2n) is 4.59. The summed E-state index contributed by atoms with van der Waals surface area (Å²) in [5.74, 6) is 0. The van der Waals surface area contributed by atoms with Crippen molar-refractivity contribution in [2.45, 2.75) is 31.8 Å². The lowest BCUT2D eigenvalue weighted by Gasteiger charge is -2.13. The van der Waals surface area contributed by atoms with E-state index in [9.17, 15) is 0 Å². The van der Waals surface area contributed by atoms with Crippen LogP contribution in [0.2, 0.25) is 0 Å². The van der Waals surface area contributed by atoms with Gasteiger partial charge in [-0.2, -0.15) is 0 Å². The molecule has 0 saturated heterocycles. The van der Waals surface area contributed by atoms with Crippen LogP contribution in [0.3, 0.4) is 0 Å². The van der Waals surface area contributed by atoms with Crippen LogP contribution in [-0.2, 0) is 0 Å². The van der Waals surface area contributed by atoms with Crippen molar-refractivity contribution >= 4 is 10.9 Å². The minimum Gasteiger partial charge on any atom is -0.306 e. The fourth-order valence-corrected chi connectivity index (χ4v) is 2.01. The maximum Gasteiger partial charge on any atom is 0.0706 e. The molecule has 2 heteroatoms. The molecule has 1 unspecified atom stereocenters. The Kier molecular flexibility index (Phi) is 2.37. The van der Waals surface area contributed by atoms with Crippen LogP contribution >= 0.6 is 0 Å². The number of para-hydroxylation sites is 1. The SMILES string of the molecule is CC(NC1CC1)c1ccc2ccccc2n1. The van der Waals surface area contributed by atoms with Gasteiger partial charge in [0.2, 0.25) is 0 Å². The number of rotatable bonds is 3. The normalized spacial score (nSPS) is 17.6. The zero-order chi connectivity index (χ0) is 11.0. The molecule has 0 aliphatic heterocycles. The summed E-state index contributed by atoms with van der Waals surface area (Å²) in [6.45, 7) is 2.19. The van der Waals surface area contributed by atoms with Crippen molar-refractivity contribution in [3.8, 4) is 0 Å². The first-order valence-electron chi connectivity index (χ1n) is 5.95. The van der Waals surface area contributed by atoms with Crippen LogP contribution in [0.1, 0.15) is 31.5 Å². The molecule has 82 valence electrons. The Hall–Kier alpha value is -1.41. The van der Waals surface area contributed by atoms with Crippen LogP contribution in [0.4, 0.5) is 0 Å². The van der Waals surface area contributed by atoms with E-state index in [2.05, 4.69) is 42.6 Å². The molecule has 1 N–H and O–H groups in total. The highest BCUT2D eigenvalue weighted by Crippen LogP contribution is 2.24. The molecule has 1 aliphatic rings. The maximum atomic E-state index is 4.69.